The van der Waals surface area contributed by atoms with Gasteiger partial charge in [0.2, 0.25) is 10.0 Å². The van der Waals surface area contributed by atoms with Crippen molar-refractivity contribution in [2.75, 3.05) is 6.54 Å². The van der Waals surface area contributed by atoms with Gasteiger partial charge in [-0.25, -0.2) is 13.1 Å². The van der Waals surface area contributed by atoms with Crippen molar-refractivity contribution in [1.29, 1.82) is 0 Å². The summed E-state index contributed by atoms with van der Waals surface area (Å²) in [5.41, 5.74) is 6.57. The van der Waals surface area contributed by atoms with Crippen molar-refractivity contribution in [3.8, 4) is 0 Å². The molecule has 0 saturated carbocycles. The van der Waals surface area contributed by atoms with Gasteiger partial charge in [-0.3, -0.25) is 0 Å². The lowest BCUT2D eigenvalue weighted by atomic mass is 10.1. The molecule has 0 bridgehead atoms. The van der Waals surface area contributed by atoms with Crippen molar-refractivity contribution in [3.05, 3.63) is 52.2 Å². The summed E-state index contributed by atoms with van der Waals surface area (Å²) in [4.78, 5) is 1.29. The predicted octanol–water partition coefficient (Wildman–Crippen LogP) is 2.68. The van der Waals surface area contributed by atoms with Gasteiger partial charge in [-0.05, 0) is 55.5 Å². The van der Waals surface area contributed by atoms with E-state index in [1.165, 1.54) is 11.3 Å². The number of sulfonamides is 1. The van der Waals surface area contributed by atoms with Crippen LogP contribution in [0.15, 0.2) is 46.7 Å². The zero-order chi connectivity index (χ0) is 15.3. The molecule has 0 spiro atoms. The van der Waals surface area contributed by atoms with E-state index in [-0.39, 0.29) is 6.04 Å². The van der Waals surface area contributed by atoms with Gasteiger partial charge in [-0.15, -0.1) is 11.3 Å². The fourth-order valence-corrected chi connectivity index (χ4v) is 4.07. The number of nitrogens with one attached hydrogen (secondary N) is 1. The normalized spacial score (nSPS) is 13.2. The SMILES string of the molecule is CC(NS(=O)(=O)c1ccc(CCCN)cc1)c1cccs1. The van der Waals surface area contributed by atoms with E-state index >= 15 is 0 Å². The van der Waals surface area contributed by atoms with Crippen LogP contribution in [-0.4, -0.2) is 15.0 Å². The lowest BCUT2D eigenvalue weighted by Gasteiger charge is -2.13. The van der Waals surface area contributed by atoms with Gasteiger partial charge in [0.05, 0.1) is 10.9 Å². The first-order chi connectivity index (χ1) is 10.0. The van der Waals surface area contributed by atoms with Crippen LogP contribution in [0, 0.1) is 0 Å². The molecule has 1 unspecified atom stereocenters. The first kappa shape index (κ1) is 16.2. The second kappa shape index (κ2) is 7.17. The van der Waals surface area contributed by atoms with E-state index in [2.05, 4.69) is 4.72 Å². The summed E-state index contributed by atoms with van der Waals surface area (Å²) in [6.07, 6.45) is 1.77. The molecular weight excluding hydrogens is 304 g/mol. The summed E-state index contributed by atoms with van der Waals surface area (Å²) >= 11 is 1.54. The fraction of sp³-hybridized carbons (Fsp3) is 0.333. The van der Waals surface area contributed by atoms with E-state index in [0.717, 1.165) is 23.3 Å². The lowest BCUT2D eigenvalue weighted by molar-refractivity contribution is 0.568. The third-order valence-electron chi connectivity index (χ3n) is 3.21. The van der Waals surface area contributed by atoms with Crippen LogP contribution in [0.5, 0.6) is 0 Å². The Labute approximate surface area is 130 Å². The second-order valence-corrected chi connectivity index (χ2v) is 7.59. The van der Waals surface area contributed by atoms with E-state index in [9.17, 15) is 8.42 Å². The molecule has 1 aromatic heterocycles. The molecule has 0 amide bonds. The topological polar surface area (TPSA) is 72.2 Å². The summed E-state index contributed by atoms with van der Waals surface area (Å²) in [6.45, 7) is 2.49. The lowest BCUT2D eigenvalue weighted by Crippen LogP contribution is -2.26. The molecule has 2 aromatic rings. The van der Waals surface area contributed by atoms with Crippen molar-refractivity contribution in [2.45, 2.75) is 30.7 Å². The zero-order valence-corrected chi connectivity index (χ0v) is 13.6. The summed E-state index contributed by atoms with van der Waals surface area (Å²) in [7, 11) is -3.49. The van der Waals surface area contributed by atoms with E-state index in [1.54, 1.807) is 12.1 Å². The van der Waals surface area contributed by atoms with Crippen LogP contribution in [0.1, 0.15) is 29.8 Å². The van der Waals surface area contributed by atoms with Crippen LogP contribution in [-0.2, 0) is 16.4 Å². The minimum atomic E-state index is -3.49. The highest BCUT2D eigenvalue weighted by molar-refractivity contribution is 7.89. The number of aryl methyl sites for hydroxylation is 1. The average molecular weight is 324 g/mol. The minimum absolute atomic E-state index is 0.230. The molecule has 0 saturated heterocycles. The van der Waals surface area contributed by atoms with E-state index in [0.29, 0.717) is 11.4 Å². The molecule has 4 nitrogen and oxygen atoms in total. The van der Waals surface area contributed by atoms with Gasteiger partial charge in [0.25, 0.3) is 0 Å². The summed E-state index contributed by atoms with van der Waals surface area (Å²) in [5, 5.41) is 1.94. The first-order valence-corrected chi connectivity index (χ1v) is 9.24. The van der Waals surface area contributed by atoms with Crippen molar-refractivity contribution < 1.29 is 8.42 Å². The van der Waals surface area contributed by atoms with Crippen LogP contribution in [0.2, 0.25) is 0 Å². The quantitative estimate of drug-likeness (QED) is 0.822. The Balaban J connectivity index is 2.08. The summed E-state index contributed by atoms with van der Waals surface area (Å²) < 4.78 is 27.4. The van der Waals surface area contributed by atoms with Crippen molar-refractivity contribution >= 4 is 21.4 Å². The highest BCUT2D eigenvalue weighted by Crippen LogP contribution is 2.21. The van der Waals surface area contributed by atoms with Gasteiger partial charge >= 0.3 is 0 Å². The van der Waals surface area contributed by atoms with Gasteiger partial charge in [-0.1, -0.05) is 18.2 Å². The minimum Gasteiger partial charge on any atom is -0.330 e. The van der Waals surface area contributed by atoms with Crippen LogP contribution in [0.25, 0.3) is 0 Å². The Morgan fingerprint density at radius 3 is 2.52 bits per heavy atom. The Bertz CT molecular complexity index is 649. The van der Waals surface area contributed by atoms with Gasteiger partial charge in [-0.2, -0.15) is 0 Å². The Hall–Kier alpha value is -1.21. The van der Waals surface area contributed by atoms with Crippen molar-refractivity contribution in [2.24, 2.45) is 5.73 Å². The maximum atomic E-state index is 12.3. The molecule has 2 rings (SSSR count). The molecule has 114 valence electrons. The van der Waals surface area contributed by atoms with Gasteiger partial charge in [0.1, 0.15) is 0 Å². The van der Waals surface area contributed by atoms with Crippen molar-refractivity contribution in [3.63, 3.8) is 0 Å². The van der Waals surface area contributed by atoms with Gasteiger partial charge < -0.3 is 5.73 Å². The number of rotatable bonds is 7. The number of benzene rings is 1. The molecule has 21 heavy (non-hydrogen) atoms. The number of hydrogen-bond donors (Lipinski definition) is 2. The van der Waals surface area contributed by atoms with Crippen LogP contribution in [0.4, 0.5) is 0 Å². The number of thiophene rings is 1. The Morgan fingerprint density at radius 2 is 1.95 bits per heavy atom. The molecule has 0 aliphatic carbocycles. The summed E-state index contributed by atoms with van der Waals surface area (Å²) in [6, 6.07) is 10.6. The maximum absolute atomic E-state index is 12.3. The average Bonchev–Trinajstić information content (AvgIpc) is 2.99. The molecule has 1 aromatic carbocycles. The van der Waals surface area contributed by atoms with E-state index in [4.69, 9.17) is 5.73 Å². The smallest absolute Gasteiger partial charge is 0.241 e. The Morgan fingerprint density at radius 1 is 1.24 bits per heavy atom. The van der Waals surface area contributed by atoms with Crippen LogP contribution < -0.4 is 10.5 Å². The van der Waals surface area contributed by atoms with E-state index in [1.807, 2.05) is 36.6 Å². The van der Waals surface area contributed by atoms with Crippen molar-refractivity contribution in [1.82, 2.24) is 4.72 Å². The monoisotopic (exact) mass is 324 g/mol. The van der Waals surface area contributed by atoms with Crippen LogP contribution >= 0.6 is 11.3 Å². The molecule has 0 fully saturated rings. The fourth-order valence-electron chi connectivity index (χ4n) is 2.04. The molecule has 0 aliphatic rings. The highest BCUT2D eigenvalue weighted by Gasteiger charge is 2.18. The third-order valence-corrected chi connectivity index (χ3v) is 5.82. The second-order valence-electron chi connectivity index (χ2n) is 4.89. The third kappa shape index (κ3) is 4.38. The molecule has 1 heterocycles. The highest BCUT2D eigenvalue weighted by atomic mass is 32.2. The molecule has 0 aliphatic heterocycles. The standard InChI is InChI=1S/C15H20N2O2S2/c1-12(15-5-3-11-20-15)17-21(18,19)14-8-6-13(7-9-14)4-2-10-16/h3,5-9,11-12,17H,2,4,10,16H2,1H3. The number of hydrogen-bond acceptors (Lipinski definition) is 4. The Kier molecular flexibility index (Phi) is 5.52. The van der Waals surface area contributed by atoms with Gasteiger partial charge in [0, 0.05) is 4.88 Å². The molecule has 0 radical (unpaired) electrons. The van der Waals surface area contributed by atoms with E-state index < -0.39 is 10.0 Å². The predicted molar refractivity (Wildman–Crippen MR) is 86.9 cm³/mol. The molecule has 3 N–H and O–H groups in total. The summed E-state index contributed by atoms with van der Waals surface area (Å²) in [5.74, 6) is 0. The first-order valence-electron chi connectivity index (χ1n) is 6.87. The number of nitrogens with two attached hydrogens (primary N) is 1. The largest absolute Gasteiger partial charge is 0.330 e. The van der Waals surface area contributed by atoms with Gasteiger partial charge in [0.15, 0.2) is 0 Å². The molecule has 1 atom stereocenters. The van der Waals surface area contributed by atoms with Crippen LogP contribution in [0.3, 0.4) is 0 Å². The molecule has 6 heteroatoms. The molecular formula is C15H20N2O2S2. The zero-order valence-electron chi connectivity index (χ0n) is 12.0. The maximum Gasteiger partial charge on any atom is 0.241 e.